The Bertz CT molecular complexity index is 387. The first-order valence-electron chi connectivity index (χ1n) is 5.61. The average molecular weight is 238 g/mol. The number of benzene rings is 1. The van der Waals surface area contributed by atoms with E-state index < -0.39 is 12.2 Å². The predicted molar refractivity (Wildman–Crippen MR) is 64.7 cm³/mol. The molecular weight excluding hydrogens is 220 g/mol. The minimum Gasteiger partial charge on any atom is -0.496 e. The van der Waals surface area contributed by atoms with Crippen LogP contribution in [0.1, 0.15) is 5.56 Å². The number of nitrogens with zero attached hydrogens (tertiary/aromatic N) is 1. The van der Waals surface area contributed by atoms with Crippen LogP contribution in [0.4, 0.5) is 5.69 Å². The second kappa shape index (κ2) is 4.91. The highest BCUT2D eigenvalue weighted by Crippen LogP contribution is 2.24. The van der Waals surface area contributed by atoms with E-state index >= 15 is 0 Å². The monoisotopic (exact) mass is 238 g/mol. The van der Waals surface area contributed by atoms with Crippen molar-refractivity contribution in [1.82, 2.24) is 4.90 Å². The maximum Gasteiger partial charge on any atom is 0.125 e. The topological polar surface area (TPSA) is 79.0 Å². The van der Waals surface area contributed by atoms with Gasteiger partial charge in [0, 0.05) is 37.0 Å². The van der Waals surface area contributed by atoms with Crippen LogP contribution in [0.15, 0.2) is 18.2 Å². The average Bonchev–Trinajstić information content (AvgIpc) is 2.60. The molecule has 0 bridgehead atoms. The molecule has 0 spiro atoms. The highest BCUT2D eigenvalue weighted by Gasteiger charge is 2.29. The Morgan fingerprint density at radius 3 is 2.59 bits per heavy atom. The van der Waals surface area contributed by atoms with E-state index in [1.54, 1.807) is 13.2 Å². The number of anilines is 1. The highest BCUT2D eigenvalue weighted by atomic mass is 16.5. The standard InChI is InChI=1S/C12H18N2O3/c1-17-12-4-9(13)3-2-8(12)5-14-6-10(15)11(16)7-14/h2-4,10-11,15-16H,5-7,13H2,1H3. The van der Waals surface area contributed by atoms with Crippen LogP contribution >= 0.6 is 0 Å². The van der Waals surface area contributed by atoms with E-state index in [-0.39, 0.29) is 0 Å². The van der Waals surface area contributed by atoms with Gasteiger partial charge in [-0.1, -0.05) is 6.07 Å². The predicted octanol–water partition coefficient (Wildman–Crippen LogP) is -0.185. The van der Waals surface area contributed by atoms with Crippen LogP contribution in [-0.4, -0.2) is 47.5 Å². The van der Waals surface area contributed by atoms with E-state index in [1.807, 2.05) is 17.0 Å². The summed E-state index contributed by atoms with van der Waals surface area (Å²) in [4.78, 5) is 1.99. The quantitative estimate of drug-likeness (QED) is 0.636. The smallest absolute Gasteiger partial charge is 0.125 e. The first-order valence-corrected chi connectivity index (χ1v) is 5.61. The number of methoxy groups -OCH3 is 1. The van der Waals surface area contributed by atoms with Crippen LogP contribution in [-0.2, 0) is 6.54 Å². The Balaban J connectivity index is 2.09. The van der Waals surface area contributed by atoms with Gasteiger partial charge in [-0.25, -0.2) is 0 Å². The number of aliphatic hydroxyl groups is 2. The fourth-order valence-electron chi connectivity index (χ4n) is 2.11. The van der Waals surface area contributed by atoms with Gasteiger partial charge in [0.15, 0.2) is 0 Å². The van der Waals surface area contributed by atoms with E-state index in [0.717, 1.165) is 11.3 Å². The molecule has 0 aromatic heterocycles. The fourth-order valence-corrected chi connectivity index (χ4v) is 2.11. The van der Waals surface area contributed by atoms with Gasteiger partial charge in [-0.15, -0.1) is 0 Å². The molecule has 0 radical (unpaired) electrons. The number of aliphatic hydroxyl groups excluding tert-OH is 2. The molecule has 0 aliphatic carbocycles. The van der Waals surface area contributed by atoms with Gasteiger partial charge in [0.2, 0.25) is 0 Å². The molecule has 94 valence electrons. The van der Waals surface area contributed by atoms with E-state index in [9.17, 15) is 10.2 Å². The largest absolute Gasteiger partial charge is 0.496 e. The number of β-amino-alcohol motifs (C(OH)–C–C–N with tert-alkyl or cyclic N) is 2. The van der Waals surface area contributed by atoms with Crippen molar-refractivity contribution in [2.75, 3.05) is 25.9 Å². The zero-order valence-electron chi connectivity index (χ0n) is 9.84. The third-order valence-electron chi connectivity index (χ3n) is 3.04. The molecule has 5 heteroatoms. The summed E-state index contributed by atoms with van der Waals surface area (Å²) in [7, 11) is 1.60. The van der Waals surface area contributed by atoms with Crippen LogP contribution in [0, 0.1) is 0 Å². The molecule has 1 aromatic rings. The highest BCUT2D eigenvalue weighted by molar-refractivity contribution is 5.48. The number of rotatable bonds is 3. The Morgan fingerprint density at radius 2 is 2.00 bits per heavy atom. The van der Waals surface area contributed by atoms with Gasteiger partial charge in [0.25, 0.3) is 0 Å². The number of nitrogen functional groups attached to an aromatic ring is 1. The maximum atomic E-state index is 9.47. The van der Waals surface area contributed by atoms with Crippen LogP contribution in [0.3, 0.4) is 0 Å². The summed E-state index contributed by atoms with van der Waals surface area (Å²) < 4.78 is 5.26. The van der Waals surface area contributed by atoms with Crippen LogP contribution in [0.2, 0.25) is 0 Å². The molecule has 2 rings (SSSR count). The number of ether oxygens (including phenoxy) is 1. The molecule has 5 nitrogen and oxygen atoms in total. The van der Waals surface area contributed by atoms with Gasteiger partial charge in [-0.05, 0) is 6.07 Å². The van der Waals surface area contributed by atoms with Crippen LogP contribution in [0.25, 0.3) is 0 Å². The SMILES string of the molecule is COc1cc(N)ccc1CN1CC(O)C(O)C1. The second-order valence-corrected chi connectivity index (χ2v) is 4.40. The normalized spacial score (nSPS) is 25.1. The molecular formula is C12H18N2O3. The van der Waals surface area contributed by atoms with Crippen LogP contribution < -0.4 is 10.5 Å². The molecule has 4 N–H and O–H groups in total. The summed E-state index contributed by atoms with van der Waals surface area (Å²) in [5, 5.41) is 18.9. The maximum absolute atomic E-state index is 9.47. The molecule has 1 heterocycles. The van der Waals surface area contributed by atoms with E-state index in [4.69, 9.17) is 10.5 Å². The van der Waals surface area contributed by atoms with Gasteiger partial charge >= 0.3 is 0 Å². The Morgan fingerprint density at radius 1 is 1.35 bits per heavy atom. The summed E-state index contributed by atoms with van der Waals surface area (Å²) in [5.41, 5.74) is 7.34. The van der Waals surface area contributed by atoms with Crippen molar-refractivity contribution in [2.24, 2.45) is 0 Å². The lowest BCUT2D eigenvalue weighted by Crippen LogP contribution is -2.22. The lowest BCUT2D eigenvalue weighted by Gasteiger charge is -2.17. The molecule has 1 aliphatic rings. The summed E-state index contributed by atoms with van der Waals surface area (Å²) in [6.45, 7) is 1.60. The summed E-state index contributed by atoms with van der Waals surface area (Å²) >= 11 is 0. The van der Waals surface area contributed by atoms with Gasteiger partial charge in [-0.2, -0.15) is 0 Å². The minimum atomic E-state index is -0.658. The third kappa shape index (κ3) is 2.69. The van der Waals surface area contributed by atoms with E-state index in [2.05, 4.69) is 0 Å². The Kier molecular flexibility index (Phi) is 3.51. The molecule has 0 amide bonds. The molecule has 2 atom stereocenters. The van der Waals surface area contributed by atoms with Crippen molar-refractivity contribution in [2.45, 2.75) is 18.8 Å². The summed E-state index contributed by atoms with van der Waals surface area (Å²) in [6.07, 6.45) is -1.32. The second-order valence-electron chi connectivity index (χ2n) is 4.40. The van der Waals surface area contributed by atoms with Gasteiger partial charge in [-0.3, -0.25) is 4.90 Å². The molecule has 1 fully saturated rings. The number of hydrogen-bond acceptors (Lipinski definition) is 5. The lowest BCUT2D eigenvalue weighted by atomic mass is 10.1. The van der Waals surface area contributed by atoms with Crippen molar-refractivity contribution in [1.29, 1.82) is 0 Å². The summed E-state index contributed by atoms with van der Waals surface area (Å²) in [5.74, 6) is 0.737. The Hall–Kier alpha value is -1.30. The third-order valence-corrected chi connectivity index (χ3v) is 3.04. The number of nitrogens with two attached hydrogens (primary N) is 1. The molecule has 2 unspecified atom stereocenters. The lowest BCUT2D eigenvalue weighted by molar-refractivity contribution is 0.0572. The van der Waals surface area contributed by atoms with E-state index in [1.165, 1.54) is 0 Å². The molecule has 1 aliphatic heterocycles. The van der Waals surface area contributed by atoms with Gasteiger partial charge in [0.1, 0.15) is 5.75 Å². The first-order chi connectivity index (χ1) is 8.10. The Labute approximate surface area is 100 Å². The molecule has 0 saturated carbocycles. The van der Waals surface area contributed by atoms with Crippen molar-refractivity contribution in [3.05, 3.63) is 23.8 Å². The minimum absolute atomic E-state index is 0.481. The van der Waals surface area contributed by atoms with Gasteiger partial charge < -0.3 is 20.7 Å². The molecule has 1 saturated heterocycles. The van der Waals surface area contributed by atoms with Crippen molar-refractivity contribution in [3.63, 3.8) is 0 Å². The summed E-state index contributed by atoms with van der Waals surface area (Å²) in [6, 6.07) is 5.50. The molecule has 1 aromatic carbocycles. The number of hydrogen-bond donors (Lipinski definition) is 3. The van der Waals surface area contributed by atoms with Gasteiger partial charge in [0.05, 0.1) is 19.3 Å². The zero-order chi connectivity index (χ0) is 12.4. The van der Waals surface area contributed by atoms with Crippen LogP contribution in [0.5, 0.6) is 5.75 Å². The van der Waals surface area contributed by atoms with Crippen molar-refractivity contribution >= 4 is 5.69 Å². The van der Waals surface area contributed by atoms with Crippen molar-refractivity contribution in [3.8, 4) is 5.75 Å². The van der Waals surface area contributed by atoms with Crippen molar-refractivity contribution < 1.29 is 14.9 Å². The zero-order valence-corrected chi connectivity index (χ0v) is 9.84. The molecule has 17 heavy (non-hydrogen) atoms. The first kappa shape index (κ1) is 12.2. The number of likely N-dealkylation sites (tertiary alicyclic amines) is 1. The van der Waals surface area contributed by atoms with E-state index in [0.29, 0.717) is 25.3 Å². The fraction of sp³-hybridized carbons (Fsp3) is 0.500.